The summed E-state index contributed by atoms with van der Waals surface area (Å²) >= 11 is 2.01. The third-order valence-corrected chi connectivity index (χ3v) is 3.40. The Balaban J connectivity index is 2.19. The van der Waals surface area contributed by atoms with Crippen LogP contribution in [0.4, 0.5) is 5.69 Å². The van der Waals surface area contributed by atoms with Gasteiger partial charge in [0.05, 0.1) is 3.57 Å². The molecular weight excluding hydrogens is 341 g/mol. The predicted molar refractivity (Wildman–Crippen MR) is 80.0 cm³/mol. The van der Waals surface area contributed by atoms with Crippen molar-refractivity contribution in [2.45, 2.75) is 6.92 Å². The molecule has 0 aliphatic heterocycles. The molecule has 0 fully saturated rings. The van der Waals surface area contributed by atoms with Crippen molar-refractivity contribution in [3.05, 3.63) is 57.2 Å². The number of carbonyl (C=O) groups excluding carboxylic acids is 1. The van der Waals surface area contributed by atoms with E-state index in [-0.39, 0.29) is 11.7 Å². The first kappa shape index (κ1) is 12.9. The Morgan fingerprint density at radius 3 is 2.67 bits per heavy atom. The van der Waals surface area contributed by atoms with Gasteiger partial charge in [0.15, 0.2) is 0 Å². The van der Waals surface area contributed by atoms with Crippen LogP contribution in [-0.2, 0) is 0 Å². The zero-order valence-electron chi connectivity index (χ0n) is 9.77. The van der Waals surface area contributed by atoms with Crippen LogP contribution in [0.15, 0.2) is 42.5 Å². The fourth-order valence-electron chi connectivity index (χ4n) is 1.58. The minimum Gasteiger partial charge on any atom is -0.507 e. The molecule has 4 heteroatoms. The molecule has 3 nitrogen and oxygen atoms in total. The smallest absolute Gasteiger partial charge is 0.255 e. The van der Waals surface area contributed by atoms with E-state index in [0.717, 1.165) is 14.8 Å². The van der Waals surface area contributed by atoms with E-state index in [4.69, 9.17) is 0 Å². The van der Waals surface area contributed by atoms with Crippen LogP contribution in [0.25, 0.3) is 0 Å². The van der Waals surface area contributed by atoms with Gasteiger partial charge in [-0.3, -0.25) is 4.79 Å². The molecule has 0 spiro atoms. The molecule has 0 heterocycles. The molecule has 0 atom stereocenters. The Kier molecular flexibility index (Phi) is 3.86. The highest BCUT2D eigenvalue weighted by Gasteiger charge is 2.08. The first-order chi connectivity index (χ1) is 8.56. The van der Waals surface area contributed by atoms with Crippen molar-refractivity contribution in [1.29, 1.82) is 0 Å². The van der Waals surface area contributed by atoms with Crippen molar-refractivity contribution < 1.29 is 9.90 Å². The molecule has 2 rings (SSSR count). The topological polar surface area (TPSA) is 49.3 Å². The van der Waals surface area contributed by atoms with Crippen molar-refractivity contribution in [1.82, 2.24) is 0 Å². The summed E-state index contributed by atoms with van der Waals surface area (Å²) in [5, 5.41) is 12.4. The molecule has 2 aromatic rings. The summed E-state index contributed by atoms with van der Waals surface area (Å²) in [5.74, 6) is -0.111. The summed E-state index contributed by atoms with van der Waals surface area (Å²) in [6.07, 6.45) is 0. The van der Waals surface area contributed by atoms with Crippen LogP contribution in [0.3, 0.4) is 0 Å². The van der Waals surface area contributed by atoms with Crippen LogP contribution in [-0.4, -0.2) is 11.0 Å². The van der Waals surface area contributed by atoms with Gasteiger partial charge in [-0.25, -0.2) is 0 Å². The van der Waals surface area contributed by atoms with Gasteiger partial charge in [-0.2, -0.15) is 0 Å². The minimum absolute atomic E-state index is 0.118. The van der Waals surface area contributed by atoms with Crippen LogP contribution in [0, 0.1) is 10.5 Å². The highest BCUT2D eigenvalue weighted by atomic mass is 127. The minimum atomic E-state index is -0.229. The maximum absolute atomic E-state index is 12.0. The number of aromatic hydroxyl groups is 1. The lowest BCUT2D eigenvalue weighted by molar-refractivity contribution is 0.102. The van der Waals surface area contributed by atoms with E-state index in [1.807, 2.05) is 53.8 Å². The Bertz CT molecular complexity index is 596. The van der Waals surface area contributed by atoms with E-state index in [9.17, 15) is 9.90 Å². The van der Waals surface area contributed by atoms with Crippen molar-refractivity contribution in [3.63, 3.8) is 0 Å². The third-order valence-electron chi connectivity index (χ3n) is 2.48. The van der Waals surface area contributed by atoms with E-state index in [1.54, 1.807) is 12.1 Å². The van der Waals surface area contributed by atoms with Gasteiger partial charge in [-0.1, -0.05) is 12.1 Å². The maximum Gasteiger partial charge on any atom is 0.255 e. The molecule has 0 bridgehead atoms. The van der Waals surface area contributed by atoms with E-state index in [0.29, 0.717) is 5.56 Å². The molecule has 0 aromatic heterocycles. The average Bonchev–Trinajstić information content (AvgIpc) is 2.32. The molecule has 0 aliphatic carbocycles. The third kappa shape index (κ3) is 3.01. The first-order valence-corrected chi connectivity index (χ1v) is 6.50. The number of carbonyl (C=O) groups is 1. The number of amides is 1. The molecule has 92 valence electrons. The van der Waals surface area contributed by atoms with Crippen molar-refractivity contribution in [2.75, 3.05) is 5.32 Å². The second kappa shape index (κ2) is 5.39. The number of benzene rings is 2. The lowest BCUT2D eigenvalue weighted by Crippen LogP contribution is -2.11. The van der Waals surface area contributed by atoms with E-state index in [1.165, 1.54) is 6.07 Å². The number of phenols is 1. The summed E-state index contributed by atoms with van der Waals surface area (Å²) in [6, 6.07) is 12.4. The van der Waals surface area contributed by atoms with Crippen molar-refractivity contribution in [3.8, 4) is 5.75 Å². The van der Waals surface area contributed by atoms with Crippen LogP contribution in [0.2, 0.25) is 0 Å². The summed E-state index contributed by atoms with van der Waals surface area (Å²) in [4.78, 5) is 12.0. The van der Waals surface area contributed by atoms with Crippen LogP contribution in [0.1, 0.15) is 15.9 Å². The van der Waals surface area contributed by atoms with Gasteiger partial charge in [0.25, 0.3) is 5.91 Å². The van der Waals surface area contributed by atoms with Crippen LogP contribution >= 0.6 is 22.6 Å². The van der Waals surface area contributed by atoms with Crippen LogP contribution in [0.5, 0.6) is 5.75 Å². The summed E-state index contributed by atoms with van der Waals surface area (Å²) in [6.45, 7) is 1.96. The number of rotatable bonds is 2. The second-order valence-corrected chi connectivity index (χ2v) is 5.15. The Morgan fingerprint density at radius 2 is 2.00 bits per heavy atom. The Labute approximate surface area is 119 Å². The molecule has 0 radical (unpaired) electrons. The number of anilines is 1. The standard InChI is InChI=1S/C14H12INO2/c1-9-3-2-4-11(7-9)16-14(18)10-5-6-12(15)13(17)8-10/h2-8,17H,1H3,(H,16,18). The lowest BCUT2D eigenvalue weighted by Gasteiger charge is -2.07. The highest BCUT2D eigenvalue weighted by molar-refractivity contribution is 14.1. The van der Waals surface area contributed by atoms with Crippen molar-refractivity contribution in [2.24, 2.45) is 0 Å². The van der Waals surface area contributed by atoms with Gasteiger partial charge < -0.3 is 10.4 Å². The number of nitrogens with one attached hydrogen (secondary N) is 1. The lowest BCUT2D eigenvalue weighted by atomic mass is 10.2. The molecule has 18 heavy (non-hydrogen) atoms. The van der Waals surface area contributed by atoms with Gasteiger partial charge >= 0.3 is 0 Å². The average molecular weight is 353 g/mol. The second-order valence-electron chi connectivity index (χ2n) is 3.99. The van der Waals surface area contributed by atoms with E-state index < -0.39 is 0 Å². The maximum atomic E-state index is 12.0. The molecule has 2 aromatic carbocycles. The zero-order chi connectivity index (χ0) is 13.1. The fraction of sp³-hybridized carbons (Fsp3) is 0.0714. The van der Waals surface area contributed by atoms with E-state index in [2.05, 4.69) is 5.32 Å². The Hall–Kier alpha value is -1.56. The number of aryl methyl sites for hydroxylation is 1. The summed E-state index contributed by atoms with van der Waals surface area (Å²) in [5.41, 5.74) is 2.27. The largest absolute Gasteiger partial charge is 0.507 e. The number of halogens is 1. The molecule has 1 amide bonds. The van der Waals surface area contributed by atoms with Gasteiger partial charge in [-0.05, 0) is 65.4 Å². The van der Waals surface area contributed by atoms with Gasteiger partial charge in [0.2, 0.25) is 0 Å². The summed E-state index contributed by atoms with van der Waals surface area (Å²) in [7, 11) is 0. The molecule has 0 saturated carbocycles. The monoisotopic (exact) mass is 353 g/mol. The van der Waals surface area contributed by atoms with Crippen LogP contribution < -0.4 is 5.32 Å². The molecular formula is C14H12INO2. The number of phenolic OH excluding ortho intramolecular Hbond substituents is 1. The highest BCUT2D eigenvalue weighted by Crippen LogP contribution is 2.21. The fourth-order valence-corrected chi connectivity index (χ4v) is 1.92. The van der Waals surface area contributed by atoms with Gasteiger partial charge in [0, 0.05) is 11.3 Å². The molecule has 0 aliphatic rings. The zero-order valence-corrected chi connectivity index (χ0v) is 11.9. The SMILES string of the molecule is Cc1cccc(NC(=O)c2ccc(I)c(O)c2)c1. The van der Waals surface area contributed by atoms with Gasteiger partial charge in [-0.15, -0.1) is 0 Å². The van der Waals surface area contributed by atoms with Gasteiger partial charge in [0.1, 0.15) is 5.75 Å². The molecule has 2 N–H and O–H groups in total. The molecule has 0 saturated heterocycles. The number of hydrogen-bond acceptors (Lipinski definition) is 2. The van der Waals surface area contributed by atoms with Crippen molar-refractivity contribution >= 4 is 34.2 Å². The Morgan fingerprint density at radius 1 is 1.22 bits per heavy atom. The van der Waals surface area contributed by atoms with E-state index >= 15 is 0 Å². The molecule has 0 unspecified atom stereocenters. The predicted octanol–water partition coefficient (Wildman–Crippen LogP) is 3.56. The first-order valence-electron chi connectivity index (χ1n) is 5.43. The quantitative estimate of drug-likeness (QED) is 0.812. The number of hydrogen-bond donors (Lipinski definition) is 2. The summed E-state index contributed by atoms with van der Waals surface area (Å²) < 4.78 is 0.722. The normalized spacial score (nSPS) is 10.1.